The minimum atomic E-state index is 0.621. The molecule has 0 aliphatic heterocycles. The molecule has 0 saturated heterocycles. The molecule has 0 atom stereocenters. The number of benzene rings is 1. The van der Waals surface area contributed by atoms with Crippen molar-refractivity contribution in [3.63, 3.8) is 0 Å². The summed E-state index contributed by atoms with van der Waals surface area (Å²) < 4.78 is 0. The van der Waals surface area contributed by atoms with E-state index in [9.17, 15) is 0 Å². The molecule has 0 saturated carbocycles. The highest BCUT2D eigenvalue weighted by Gasteiger charge is 1.98. The summed E-state index contributed by atoms with van der Waals surface area (Å²) in [6, 6.07) is 7.87. The zero-order valence-corrected chi connectivity index (χ0v) is 12.5. The van der Waals surface area contributed by atoms with E-state index < -0.39 is 0 Å². The van der Waals surface area contributed by atoms with Crippen LogP contribution < -0.4 is 4.89 Å². The van der Waals surface area contributed by atoms with Gasteiger partial charge < -0.3 is 4.89 Å². The second-order valence-corrected chi connectivity index (χ2v) is 4.93. The van der Waals surface area contributed by atoms with Gasteiger partial charge in [-0.1, -0.05) is 64.2 Å². The Morgan fingerprint density at radius 3 is 2.25 bits per heavy atom. The summed E-state index contributed by atoms with van der Waals surface area (Å²) in [6.07, 6.45) is 11.7. The summed E-state index contributed by atoms with van der Waals surface area (Å²) in [5.41, 5.74) is 1.33. The van der Waals surface area contributed by atoms with E-state index in [2.05, 4.69) is 35.6 Å². The molecule has 0 spiro atoms. The maximum Gasteiger partial charge on any atom is 0.169 e. The molecule has 3 heteroatoms. The second kappa shape index (κ2) is 11.4. The summed E-state index contributed by atoms with van der Waals surface area (Å²) in [5, 5.41) is 4.44. The van der Waals surface area contributed by atoms with Crippen molar-refractivity contribution < 1.29 is 14.8 Å². The van der Waals surface area contributed by atoms with Crippen molar-refractivity contribution in [2.45, 2.75) is 58.3 Å². The van der Waals surface area contributed by atoms with Gasteiger partial charge in [0.15, 0.2) is 5.75 Å². The third kappa shape index (κ3) is 7.85. The Bertz CT molecular complexity index is 346. The predicted octanol–water partition coefficient (Wildman–Crippen LogP) is 5.37. The zero-order chi connectivity index (χ0) is 14.5. The Morgan fingerprint density at radius 2 is 1.60 bits per heavy atom. The van der Waals surface area contributed by atoms with E-state index in [1.54, 1.807) is 0 Å². The van der Waals surface area contributed by atoms with Crippen LogP contribution in [0.15, 0.2) is 37.1 Å². The van der Waals surface area contributed by atoms with Crippen LogP contribution >= 0.6 is 0 Å². The van der Waals surface area contributed by atoms with E-state index in [1.165, 1.54) is 50.5 Å². The average Bonchev–Trinajstić information content (AvgIpc) is 2.48. The van der Waals surface area contributed by atoms with E-state index in [0.717, 1.165) is 12.7 Å². The molecule has 112 valence electrons. The van der Waals surface area contributed by atoms with Gasteiger partial charge in [-0.3, -0.25) is 4.89 Å². The maximum atomic E-state index is 4.89. The fraction of sp³-hybridized carbons (Fsp3) is 0.529. The maximum absolute atomic E-state index is 4.89. The largest absolute Gasteiger partial charge is 0.308 e. The molecular weight excluding hydrogens is 252 g/mol. The minimum Gasteiger partial charge on any atom is -0.308 e. The number of hydrogen-bond donors (Lipinski definition) is 0. The molecule has 20 heavy (non-hydrogen) atoms. The molecule has 0 radical (unpaired) electrons. The van der Waals surface area contributed by atoms with Crippen molar-refractivity contribution in [3.05, 3.63) is 42.7 Å². The lowest BCUT2D eigenvalue weighted by Gasteiger charge is -2.04. The van der Waals surface area contributed by atoms with E-state index >= 15 is 0 Å². The molecule has 0 aliphatic carbocycles. The van der Waals surface area contributed by atoms with Gasteiger partial charge in [0, 0.05) is 5.04 Å². The van der Waals surface area contributed by atoms with Crippen LogP contribution in [0.4, 0.5) is 0 Å². The van der Waals surface area contributed by atoms with Gasteiger partial charge in [-0.2, -0.15) is 0 Å². The molecular formula is C17H26O3. The smallest absolute Gasteiger partial charge is 0.169 e. The normalized spacial score (nSPS) is 10.2. The zero-order valence-electron chi connectivity index (χ0n) is 12.5. The van der Waals surface area contributed by atoms with E-state index in [0.29, 0.717) is 5.75 Å². The van der Waals surface area contributed by atoms with Gasteiger partial charge in [0.05, 0.1) is 0 Å². The van der Waals surface area contributed by atoms with Crippen molar-refractivity contribution in [2.75, 3.05) is 0 Å². The molecule has 0 bridgehead atoms. The van der Waals surface area contributed by atoms with Crippen molar-refractivity contribution in [2.24, 2.45) is 0 Å². The van der Waals surface area contributed by atoms with Crippen LogP contribution in [0.3, 0.4) is 0 Å². The second-order valence-electron chi connectivity index (χ2n) is 4.93. The first-order valence-electron chi connectivity index (χ1n) is 7.56. The molecule has 1 aromatic carbocycles. The third-order valence-corrected chi connectivity index (χ3v) is 3.23. The average molecular weight is 278 g/mol. The van der Waals surface area contributed by atoms with Crippen LogP contribution in [-0.2, 0) is 16.3 Å². The number of aryl methyl sites for hydroxylation is 1. The first-order chi connectivity index (χ1) is 9.86. The first-order valence-corrected chi connectivity index (χ1v) is 7.56. The quantitative estimate of drug-likeness (QED) is 0.223. The van der Waals surface area contributed by atoms with E-state index in [-0.39, 0.29) is 0 Å². The number of rotatable bonds is 12. The topological polar surface area (TPSA) is 27.7 Å². The lowest BCUT2D eigenvalue weighted by atomic mass is 10.0. The highest BCUT2D eigenvalue weighted by Crippen LogP contribution is 2.15. The fourth-order valence-electron chi connectivity index (χ4n) is 2.08. The molecule has 0 aromatic heterocycles. The molecule has 3 nitrogen and oxygen atoms in total. The number of hydrogen-bond acceptors (Lipinski definition) is 3. The minimum absolute atomic E-state index is 0.621. The highest BCUT2D eigenvalue weighted by atomic mass is 17.5. The first kappa shape index (κ1) is 16.6. The van der Waals surface area contributed by atoms with Crippen molar-refractivity contribution in [3.8, 4) is 5.75 Å². The summed E-state index contributed by atoms with van der Waals surface area (Å²) >= 11 is 0. The fourth-order valence-corrected chi connectivity index (χ4v) is 2.08. The molecule has 1 rings (SSSR count). The molecule has 0 fully saturated rings. The van der Waals surface area contributed by atoms with Crippen LogP contribution in [0, 0.1) is 0 Å². The van der Waals surface area contributed by atoms with Crippen molar-refractivity contribution in [1.82, 2.24) is 0 Å². The van der Waals surface area contributed by atoms with Crippen LogP contribution in [0.1, 0.15) is 57.4 Å². The monoisotopic (exact) mass is 278 g/mol. The molecule has 0 heterocycles. The molecule has 0 N–H and O–H groups in total. The Labute approximate surface area is 122 Å². The van der Waals surface area contributed by atoms with Crippen LogP contribution in [0.25, 0.3) is 0 Å². The van der Waals surface area contributed by atoms with Crippen LogP contribution in [0.2, 0.25) is 0 Å². The molecule has 0 amide bonds. The number of unbranched alkanes of at least 4 members (excludes halogenated alkanes) is 6. The van der Waals surface area contributed by atoms with E-state index in [4.69, 9.17) is 4.89 Å². The van der Waals surface area contributed by atoms with Gasteiger partial charge in [0.1, 0.15) is 6.26 Å². The Morgan fingerprint density at radius 1 is 0.950 bits per heavy atom. The van der Waals surface area contributed by atoms with Gasteiger partial charge in [-0.15, -0.1) is 0 Å². The lowest BCUT2D eigenvalue weighted by molar-refractivity contribution is -0.438. The highest BCUT2D eigenvalue weighted by molar-refractivity contribution is 5.26. The van der Waals surface area contributed by atoms with Gasteiger partial charge in [0.25, 0.3) is 0 Å². The Balaban J connectivity index is 2.10. The van der Waals surface area contributed by atoms with Gasteiger partial charge in [0.2, 0.25) is 0 Å². The molecule has 0 unspecified atom stereocenters. The van der Waals surface area contributed by atoms with Crippen LogP contribution in [0.5, 0.6) is 5.75 Å². The van der Waals surface area contributed by atoms with Gasteiger partial charge in [-0.05, 0) is 30.5 Å². The van der Waals surface area contributed by atoms with Gasteiger partial charge in [-0.25, -0.2) is 0 Å². The molecule has 0 aliphatic rings. The summed E-state index contributed by atoms with van der Waals surface area (Å²) in [6.45, 7) is 5.60. The van der Waals surface area contributed by atoms with Gasteiger partial charge >= 0.3 is 0 Å². The Kier molecular flexibility index (Phi) is 9.41. The van der Waals surface area contributed by atoms with Crippen molar-refractivity contribution in [1.29, 1.82) is 0 Å². The summed E-state index contributed by atoms with van der Waals surface area (Å²) in [4.78, 5) is 9.32. The van der Waals surface area contributed by atoms with E-state index in [1.807, 2.05) is 12.1 Å². The summed E-state index contributed by atoms with van der Waals surface area (Å²) in [7, 11) is 0. The summed E-state index contributed by atoms with van der Waals surface area (Å²) in [5.74, 6) is 0.621. The SMILES string of the molecule is C=COOOc1ccc(CCCCCCCCC)cc1. The van der Waals surface area contributed by atoms with Crippen LogP contribution in [-0.4, -0.2) is 0 Å². The lowest BCUT2D eigenvalue weighted by Crippen LogP contribution is -1.94. The Hall–Kier alpha value is -1.48. The van der Waals surface area contributed by atoms with Crippen molar-refractivity contribution >= 4 is 0 Å². The molecule has 1 aromatic rings. The standard InChI is InChI=1S/C17H26O3/c1-3-5-6-7-8-9-10-11-16-12-14-17(15-13-16)19-20-18-4-2/h4,12-15H,2-3,5-11H2,1H3. The third-order valence-electron chi connectivity index (χ3n) is 3.23. The predicted molar refractivity (Wildman–Crippen MR) is 81.1 cm³/mol.